The molecular formula is C18H16O2. The van der Waals surface area contributed by atoms with E-state index in [0.717, 1.165) is 17.9 Å². The average Bonchev–Trinajstić information content (AvgIpc) is 2.93. The Morgan fingerprint density at radius 1 is 1.00 bits per heavy atom. The highest BCUT2D eigenvalue weighted by atomic mass is 16.5. The molecule has 0 radical (unpaired) electrons. The normalized spacial score (nSPS) is 21.9. The van der Waals surface area contributed by atoms with Crippen LogP contribution in [0, 0.1) is 0 Å². The van der Waals surface area contributed by atoms with E-state index in [1.165, 1.54) is 11.1 Å². The maximum absolute atomic E-state index is 6.05. The van der Waals surface area contributed by atoms with E-state index in [9.17, 15) is 0 Å². The Kier molecular flexibility index (Phi) is 2.48. The molecule has 0 N–H and O–H groups in total. The van der Waals surface area contributed by atoms with Gasteiger partial charge in [0.25, 0.3) is 0 Å². The molecule has 0 amide bonds. The van der Waals surface area contributed by atoms with Gasteiger partial charge in [0.1, 0.15) is 11.5 Å². The van der Waals surface area contributed by atoms with Gasteiger partial charge < -0.3 is 9.47 Å². The van der Waals surface area contributed by atoms with E-state index >= 15 is 0 Å². The van der Waals surface area contributed by atoms with Crippen LogP contribution in [0.25, 0.3) is 0 Å². The van der Waals surface area contributed by atoms with Crippen molar-refractivity contribution in [3.8, 4) is 11.5 Å². The molecule has 2 aromatic carbocycles. The quantitative estimate of drug-likeness (QED) is 0.723. The molecule has 2 aliphatic heterocycles. The van der Waals surface area contributed by atoms with Crippen LogP contribution in [-0.4, -0.2) is 12.7 Å². The van der Waals surface area contributed by atoms with Crippen molar-refractivity contribution in [2.24, 2.45) is 0 Å². The van der Waals surface area contributed by atoms with E-state index in [2.05, 4.69) is 30.8 Å². The molecular weight excluding hydrogens is 248 g/mol. The lowest BCUT2D eigenvalue weighted by Crippen LogP contribution is -2.32. The summed E-state index contributed by atoms with van der Waals surface area (Å²) in [5, 5.41) is 0. The van der Waals surface area contributed by atoms with Gasteiger partial charge in [-0.15, -0.1) is 6.58 Å². The minimum atomic E-state index is -0.107. The molecule has 0 unspecified atom stereocenters. The molecule has 1 saturated heterocycles. The summed E-state index contributed by atoms with van der Waals surface area (Å²) in [5.41, 5.74) is 2.34. The second-order valence-electron chi connectivity index (χ2n) is 5.47. The Morgan fingerprint density at radius 3 is 2.15 bits per heavy atom. The van der Waals surface area contributed by atoms with Crippen LogP contribution in [-0.2, 0) is 10.2 Å². The number of ether oxygens (including phenoxy) is 2. The topological polar surface area (TPSA) is 18.5 Å². The van der Waals surface area contributed by atoms with Gasteiger partial charge in [0.2, 0.25) is 0 Å². The van der Waals surface area contributed by atoms with Gasteiger partial charge in [-0.25, -0.2) is 0 Å². The SMILES string of the molecule is C=C[C@@H]1CC2(CO1)c1ccccc1Oc1ccccc12. The van der Waals surface area contributed by atoms with Gasteiger partial charge in [-0.05, 0) is 18.6 Å². The number of hydrogen-bond acceptors (Lipinski definition) is 2. The first-order valence-corrected chi connectivity index (χ1v) is 6.94. The predicted octanol–water partition coefficient (Wildman–Crippen LogP) is 4.05. The number of para-hydroxylation sites is 2. The zero-order chi connectivity index (χ0) is 13.6. The van der Waals surface area contributed by atoms with Crippen molar-refractivity contribution in [1.82, 2.24) is 0 Å². The van der Waals surface area contributed by atoms with Crippen molar-refractivity contribution >= 4 is 0 Å². The van der Waals surface area contributed by atoms with Crippen molar-refractivity contribution in [3.63, 3.8) is 0 Å². The second-order valence-corrected chi connectivity index (χ2v) is 5.47. The summed E-state index contributed by atoms with van der Waals surface area (Å²) >= 11 is 0. The lowest BCUT2D eigenvalue weighted by atomic mass is 9.71. The molecule has 0 bridgehead atoms. The largest absolute Gasteiger partial charge is 0.457 e. The number of fused-ring (bicyclic) bond motifs is 4. The highest BCUT2D eigenvalue weighted by molar-refractivity contribution is 5.58. The molecule has 20 heavy (non-hydrogen) atoms. The van der Waals surface area contributed by atoms with Crippen LogP contribution in [0.15, 0.2) is 61.2 Å². The first kappa shape index (κ1) is 11.7. The Morgan fingerprint density at radius 2 is 1.60 bits per heavy atom. The van der Waals surface area contributed by atoms with Crippen molar-refractivity contribution < 1.29 is 9.47 Å². The van der Waals surface area contributed by atoms with E-state index in [-0.39, 0.29) is 11.5 Å². The third-order valence-electron chi connectivity index (χ3n) is 4.38. The first-order valence-electron chi connectivity index (χ1n) is 6.94. The maximum atomic E-state index is 6.05. The highest BCUT2D eigenvalue weighted by Crippen LogP contribution is 2.53. The fourth-order valence-electron chi connectivity index (χ4n) is 3.40. The van der Waals surface area contributed by atoms with Gasteiger partial charge in [-0.2, -0.15) is 0 Å². The van der Waals surface area contributed by atoms with E-state index in [4.69, 9.17) is 9.47 Å². The lowest BCUT2D eigenvalue weighted by Gasteiger charge is -2.36. The summed E-state index contributed by atoms with van der Waals surface area (Å²) in [6.07, 6.45) is 2.93. The average molecular weight is 264 g/mol. The minimum Gasteiger partial charge on any atom is -0.457 e. The summed E-state index contributed by atoms with van der Waals surface area (Å²) in [5.74, 6) is 1.89. The van der Waals surface area contributed by atoms with Crippen molar-refractivity contribution in [2.45, 2.75) is 17.9 Å². The fourth-order valence-corrected chi connectivity index (χ4v) is 3.40. The molecule has 2 heteroatoms. The molecule has 0 aliphatic carbocycles. The van der Waals surface area contributed by atoms with Gasteiger partial charge in [0.05, 0.1) is 18.1 Å². The van der Waals surface area contributed by atoms with E-state index in [1.807, 2.05) is 30.3 Å². The van der Waals surface area contributed by atoms with Crippen molar-refractivity contribution in [1.29, 1.82) is 0 Å². The first-order chi connectivity index (χ1) is 9.83. The zero-order valence-electron chi connectivity index (χ0n) is 11.2. The number of benzene rings is 2. The van der Waals surface area contributed by atoms with E-state index < -0.39 is 0 Å². The highest BCUT2D eigenvalue weighted by Gasteiger charge is 2.47. The molecule has 0 aromatic heterocycles. The van der Waals surface area contributed by atoms with Crippen LogP contribution in [0.5, 0.6) is 11.5 Å². The lowest BCUT2D eigenvalue weighted by molar-refractivity contribution is 0.137. The van der Waals surface area contributed by atoms with Gasteiger partial charge >= 0.3 is 0 Å². The van der Waals surface area contributed by atoms with Gasteiger partial charge in [0, 0.05) is 11.1 Å². The molecule has 1 spiro atoms. The van der Waals surface area contributed by atoms with E-state index in [0.29, 0.717) is 6.61 Å². The Labute approximate surface area is 118 Å². The molecule has 2 nitrogen and oxygen atoms in total. The van der Waals surface area contributed by atoms with E-state index in [1.54, 1.807) is 0 Å². The predicted molar refractivity (Wildman–Crippen MR) is 78.3 cm³/mol. The molecule has 1 atom stereocenters. The molecule has 2 aromatic rings. The molecule has 2 aliphatic rings. The second kappa shape index (κ2) is 4.22. The van der Waals surface area contributed by atoms with Crippen LogP contribution in [0.3, 0.4) is 0 Å². The van der Waals surface area contributed by atoms with Gasteiger partial charge in [0.15, 0.2) is 0 Å². The standard InChI is InChI=1S/C18H16O2/c1-2-13-11-18(12-19-13)14-7-3-5-9-16(14)20-17-10-6-4-8-15(17)18/h2-10,13H,1,11-12H2/t13-/m1/s1. The van der Waals surface area contributed by atoms with Crippen LogP contribution >= 0.6 is 0 Å². The fraction of sp³-hybridized carbons (Fsp3) is 0.222. The summed E-state index contributed by atoms with van der Waals surface area (Å²) in [6.45, 7) is 4.56. The van der Waals surface area contributed by atoms with Crippen LogP contribution in [0.4, 0.5) is 0 Å². The van der Waals surface area contributed by atoms with Crippen molar-refractivity contribution in [2.75, 3.05) is 6.61 Å². The number of hydrogen-bond donors (Lipinski definition) is 0. The van der Waals surface area contributed by atoms with Gasteiger partial charge in [-0.3, -0.25) is 0 Å². The third-order valence-corrected chi connectivity index (χ3v) is 4.38. The van der Waals surface area contributed by atoms with Crippen LogP contribution in [0.1, 0.15) is 17.5 Å². The number of rotatable bonds is 1. The Balaban J connectivity index is 1.96. The summed E-state index contributed by atoms with van der Waals surface area (Å²) in [6, 6.07) is 16.5. The summed E-state index contributed by atoms with van der Waals surface area (Å²) in [4.78, 5) is 0. The summed E-state index contributed by atoms with van der Waals surface area (Å²) < 4.78 is 12.0. The summed E-state index contributed by atoms with van der Waals surface area (Å²) in [7, 11) is 0. The Hall–Kier alpha value is -2.06. The molecule has 4 rings (SSSR count). The smallest absolute Gasteiger partial charge is 0.131 e. The molecule has 2 heterocycles. The maximum Gasteiger partial charge on any atom is 0.131 e. The third kappa shape index (κ3) is 1.49. The van der Waals surface area contributed by atoms with Crippen LogP contribution < -0.4 is 4.74 Å². The monoisotopic (exact) mass is 264 g/mol. The molecule has 1 fully saturated rings. The Bertz CT molecular complexity index is 629. The molecule has 0 saturated carbocycles. The van der Waals surface area contributed by atoms with Crippen molar-refractivity contribution in [3.05, 3.63) is 72.3 Å². The minimum absolute atomic E-state index is 0.106. The van der Waals surface area contributed by atoms with Crippen LogP contribution in [0.2, 0.25) is 0 Å². The van der Waals surface area contributed by atoms with Gasteiger partial charge in [-0.1, -0.05) is 42.5 Å². The zero-order valence-corrected chi connectivity index (χ0v) is 11.2. The molecule has 100 valence electrons.